The highest BCUT2D eigenvalue weighted by Crippen LogP contribution is 2.54. The largest absolute Gasteiger partial charge is 0.490 e. The van der Waals surface area contributed by atoms with Crippen LogP contribution in [0.3, 0.4) is 0 Å². The highest BCUT2D eigenvalue weighted by atomic mass is 127. The van der Waals surface area contributed by atoms with Crippen LogP contribution in [0.5, 0.6) is 11.5 Å². The number of rotatable bonds is 7. The number of benzene rings is 2. The molecule has 0 aromatic heterocycles. The third-order valence-electron chi connectivity index (χ3n) is 7.90. The number of Topliss-reactive ketones (excluding diaryl/α,β-unsaturated/α-hetero) is 2. The fourth-order valence-corrected chi connectivity index (χ4v) is 7.00. The molecule has 5 rings (SSSR count). The highest BCUT2D eigenvalue weighted by Gasteiger charge is 2.48. The number of hydrogen-bond donors (Lipinski definition) is 1. The van der Waals surface area contributed by atoms with Crippen LogP contribution in [0.4, 0.5) is 5.69 Å². The summed E-state index contributed by atoms with van der Waals surface area (Å²) in [5, 5.41) is 2.86. The average Bonchev–Trinajstić information content (AvgIpc) is 2.85. The molecule has 7 nitrogen and oxygen atoms in total. The van der Waals surface area contributed by atoms with Crippen LogP contribution in [0.2, 0.25) is 0 Å². The van der Waals surface area contributed by atoms with Crippen LogP contribution in [0.15, 0.2) is 59.1 Å². The van der Waals surface area contributed by atoms with Crippen molar-refractivity contribution in [2.75, 3.05) is 18.5 Å². The van der Waals surface area contributed by atoms with Crippen molar-refractivity contribution in [1.29, 1.82) is 0 Å². The first-order valence-electron chi connectivity index (χ1n) is 14.4. The molecule has 1 amide bonds. The van der Waals surface area contributed by atoms with Gasteiger partial charge in [0.2, 0.25) is 0 Å². The van der Waals surface area contributed by atoms with Gasteiger partial charge in [-0.2, -0.15) is 0 Å². The van der Waals surface area contributed by atoms with E-state index >= 15 is 0 Å². The Morgan fingerprint density at radius 3 is 2.14 bits per heavy atom. The van der Waals surface area contributed by atoms with Crippen molar-refractivity contribution >= 4 is 45.8 Å². The molecule has 0 saturated heterocycles. The zero-order valence-corrected chi connectivity index (χ0v) is 27.3. The summed E-state index contributed by atoms with van der Waals surface area (Å²) < 4.78 is 19.2. The number of ether oxygens (including phenoxy) is 3. The van der Waals surface area contributed by atoms with Crippen LogP contribution in [-0.4, -0.2) is 30.7 Å². The summed E-state index contributed by atoms with van der Waals surface area (Å²) in [7, 11) is 0. The molecule has 2 aromatic rings. The first-order valence-corrected chi connectivity index (χ1v) is 15.5. The van der Waals surface area contributed by atoms with Crippen LogP contribution < -0.4 is 14.8 Å². The fraction of sp³-hybridized carbons (Fsp3) is 0.441. The third-order valence-corrected chi connectivity index (χ3v) is 8.70. The zero-order chi connectivity index (χ0) is 30.4. The molecule has 1 N–H and O–H groups in total. The number of anilines is 1. The van der Waals surface area contributed by atoms with E-state index in [1.165, 1.54) is 0 Å². The molecule has 0 radical (unpaired) electrons. The second-order valence-corrected chi connectivity index (χ2v) is 14.2. The van der Waals surface area contributed by atoms with E-state index in [-0.39, 0.29) is 34.9 Å². The average molecular weight is 684 g/mol. The standard InChI is InChI=1S/C34H38INO6/c1-7-40-25-13-20(12-22(35)32(25)41-18-28(39)36-21-10-8-9-19(2)11-21)29-30-23(37)14-33(3,4)16-26(30)42-27-17-34(5,6)15-24(38)31(27)29/h8-13,29H,7,14-18H2,1-6H3,(H,36,39). The number of nitrogens with one attached hydrogen (secondary N) is 1. The van der Waals surface area contributed by atoms with Crippen LogP contribution in [0, 0.1) is 21.3 Å². The molecule has 2 aromatic carbocycles. The SMILES string of the molecule is CCOc1cc(C2C3=C(CC(C)(C)CC3=O)OC3=C2C(=O)CC(C)(C)C3)cc(I)c1OCC(=O)Nc1cccc(C)c1. The number of aryl methyl sites for hydroxylation is 1. The summed E-state index contributed by atoms with van der Waals surface area (Å²) in [5.41, 5.74) is 3.22. The van der Waals surface area contributed by atoms with Gasteiger partial charge in [-0.05, 0) is 82.7 Å². The van der Waals surface area contributed by atoms with Crippen molar-refractivity contribution in [3.05, 3.63) is 73.8 Å². The molecule has 0 spiro atoms. The van der Waals surface area contributed by atoms with E-state index in [0.717, 1.165) is 14.7 Å². The van der Waals surface area contributed by atoms with Crippen molar-refractivity contribution in [3.63, 3.8) is 0 Å². The Morgan fingerprint density at radius 2 is 1.57 bits per heavy atom. The van der Waals surface area contributed by atoms with E-state index in [0.29, 0.717) is 72.1 Å². The number of allylic oxidation sites excluding steroid dienone is 4. The quantitative estimate of drug-likeness (QED) is 0.306. The molecule has 42 heavy (non-hydrogen) atoms. The number of hydrogen-bond acceptors (Lipinski definition) is 6. The molecular formula is C34H38INO6. The summed E-state index contributed by atoms with van der Waals surface area (Å²) in [6, 6.07) is 11.4. The second-order valence-electron chi connectivity index (χ2n) is 13.1. The molecule has 1 heterocycles. The smallest absolute Gasteiger partial charge is 0.262 e. The summed E-state index contributed by atoms with van der Waals surface area (Å²) in [6.07, 6.45) is 2.03. The van der Waals surface area contributed by atoms with Gasteiger partial charge in [0.15, 0.2) is 29.7 Å². The first kappa shape index (κ1) is 30.3. The molecule has 8 heteroatoms. The minimum atomic E-state index is -0.539. The predicted molar refractivity (Wildman–Crippen MR) is 170 cm³/mol. The lowest BCUT2D eigenvalue weighted by molar-refractivity contribution is -0.120. The fourth-order valence-electron chi connectivity index (χ4n) is 6.22. The number of ketones is 2. The number of carbonyl (C=O) groups is 3. The van der Waals surface area contributed by atoms with Gasteiger partial charge >= 0.3 is 0 Å². The van der Waals surface area contributed by atoms with Crippen molar-refractivity contribution in [1.82, 2.24) is 0 Å². The lowest BCUT2D eigenvalue weighted by Crippen LogP contribution is -2.37. The van der Waals surface area contributed by atoms with Gasteiger partial charge < -0.3 is 19.5 Å². The number of carbonyl (C=O) groups excluding carboxylic acids is 3. The highest BCUT2D eigenvalue weighted by molar-refractivity contribution is 14.1. The number of halogens is 1. The van der Waals surface area contributed by atoms with E-state index in [9.17, 15) is 14.4 Å². The summed E-state index contributed by atoms with van der Waals surface area (Å²) >= 11 is 2.17. The topological polar surface area (TPSA) is 90.9 Å². The third kappa shape index (κ3) is 6.28. The summed E-state index contributed by atoms with van der Waals surface area (Å²) in [4.78, 5) is 40.1. The van der Waals surface area contributed by atoms with Gasteiger partial charge in [0, 0.05) is 48.4 Å². The van der Waals surface area contributed by atoms with Gasteiger partial charge in [-0.1, -0.05) is 39.8 Å². The molecule has 3 aliphatic rings. The Kier molecular flexibility index (Phi) is 8.31. The van der Waals surface area contributed by atoms with Crippen LogP contribution >= 0.6 is 22.6 Å². The zero-order valence-electron chi connectivity index (χ0n) is 25.1. The van der Waals surface area contributed by atoms with Crippen molar-refractivity contribution in [2.45, 2.75) is 73.1 Å². The normalized spacial score (nSPS) is 19.6. The van der Waals surface area contributed by atoms with Gasteiger partial charge in [0.25, 0.3) is 5.91 Å². The minimum absolute atomic E-state index is 0.0107. The molecule has 0 atom stereocenters. The van der Waals surface area contributed by atoms with E-state index in [4.69, 9.17) is 14.2 Å². The Morgan fingerprint density at radius 1 is 0.952 bits per heavy atom. The number of amides is 1. The van der Waals surface area contributed by atoms with Crippen molar-refractivity contribution < 1.29 is 28.6 Å². The van der Waals surface area contributed by atoms with E-state index < -0.39 is 5.92 Å². The van der Waals surface area contributed by atoms with Gasteiger partial charge in [0.05, 0.1) is 10.2 Å². The Labute approximate surface area is 261 Å². The molecule has 0 unspecified atom stereocenters. The van der Waals surface area contributed by atoms with Gasteiger partial charge in [-0.25, -0.2) is 0 Å². The second kappa shape index (κ2) is 11.5. The minimum Gasteiger partial charge on any atom is -0.490 e. The molecule has 2 aliphatic carbocycles. The Hall–Kier alpha value is -3.14. The van der Waals surface area contributed by atoms with Crippen LogP contribution in [0.25, 0.3) is 0 Å². The van der Waals surface area contributed by atoms with Gasteiger partial charge in [-0.15, -0.1) is 0 Å². The maximum Gasteiger partial charge on any atom is 0.262 e. The lowest BCUT2D eigenvalue weighted by Gasteiger charge is -2.42. The van der Waals surface area contributed by atoms with Crippen molar-refractivity contribution in [2.24, 2.45) is 10.8 Å². The van der Waals surface area contributed by atoms with Crippen molar-refractivity contribution in [3.8, 4) is 11.5 Å². The summed E-state index contributed by atoms with van der Waals surface area (Å²) in [6.45, 7) is 12.3. The molecular weight excluding hydrogens is 645 g/mol. The van der Waals surface area contributed by atoms with Crippen LogP contribution in [-0.2, 0) is 19.1 Å². The first-order chi connectivity index (χ1) is 19.8. The van der Waals surface area contributed by atoms with Gasteiger partial charge in [-0.3, -0.25) is 14.4 Å². The maximum absolute atomic E-state index is 13.7. The monoisotopic (exact) mass is 683 g/mol. The van der Waals surface area contributed by atoms with E-state index in [2.05, 4.69) is 55.6 Å². The lowest BCUT2D eigenvalue weighted by atomic mass is 9.65. The molecule has 1 aliphatic heterocycles. The molecule has 222 valence electrons. The molecule has 0 saturated carbocycles. The molecule has 0 fully saturated rings. The predicted octanol–water partition coefficient (Wildman–Crippen LogP) is 7.42. The van der Waals surface area contributed by atoms with E-state index in [1.807, 2.05) is 50.2 Å². The maximum atomic E-state index is 13.7. The van der Waals surface area contributed by atoms with Crippen LogP contribution in [0.1, 0.15) is 77.3 Å². The van der Waals surface area contributed by atoms with E-state index in [1.54, 1.807) is 0 Å². The van der Waals surface area contributed by atoms with Gasteiger partial charge in [0.1, 0.15) is 11.5 Å². The summed E-state index contributed by atoms with van der Waals surface area (Å²) in [5.74, 6) is 1.45. The Bertz CT molecular complexity index is 1480. The Balaban J connectivity index is 1.52. The molecule has 0 bridgehead atoms.